The van der Waals surface area contributed by atoms with Gasteiger partial charge in [-0.2, -0.15) is 0 Å². The first kappa shape index (κ1) is 24.0. The Morgan fingerprint density at radius 1 is 0.694 bits per heavy atom. The Bertz CT molecular complexity index is 1030. The van der Waals surface area contributed by atoms with E-state index >= 15 is 0 Å². The molecule has 1 aromatic rings. The number of carboxylic acids is 1. The topological polar surface area (TPSA) is 89.9 Å². The highest BCUT2D eigenvalue weighted by Gasteiger charge is 2.56. The van der Waals surface area contributed by atoms with Crippen molar-refractivity contribution in [3.05, 3.63) is 35.4 Å². The maximum atomic E-state index is 12.4. The second-order valence-corrected chi connectivity index (χ2v) is 12.3. The molecule has 6 aliphatic rings. The first-order chi connectivity index (χ1) is 17.4. The lowest BCUT2D eigenvalue weighted by atomic mass is 9.80. The number of aromatic carboxylic acids is 1. The van der Waals surface area contributed by atoms with E-state index in [9.17, 15) is 19.5 Å². The molecule has 0 saturated heterocycles. The van der Waals surface area contributed by atoms with Crippen LogP contribution in [0.5, 0.6) is 0 Å². The van der Waals surface area contributed by atoms with Crippen LogP contribution in [0.15, 0.2) is 24.3 Å². The Morgan fingerprint density at radius 3 is 1.72 bits per heavy atom. The lowest BCUT2D eigenvalue weighted by molar-refractivity contribution is -0.150. The minimum Gasteiger partial charge on any atom is -0.478 e. The zero-order valence-electron chi connectivity index (χ0n) is 21.1. The Morgan fingerprint density at radius 2 is 1.19 bits per heavy atom. The molecular formula is C30H38O6. The normalized spacial score (nSPS) is 40.8. The summed E-state index contributed by atoms with van der Waals surface area (Å²) < 4.78 is 11.1. The summed E-state index contributed by atoms with van der Waals surface area (Å²) in [4.78, 5) is 34.6. The van der Waals surface area contributed by atoms with E-state index < -0.39 is 11.9 Å². The standard InChI is InChI=1S/C18H20O4.C12H18O2/c19-17(20)13-4-1-2-5-14(13)18(21)22-16-9-10-8-15(16)12-7-3-6-11(10)12;1-7(13)14-12-6-8-5-11(12)10-4-2-3-9(8)10/h1-2,4-5,10-12,15-16H,3,6-9H2,(H,19,20);8-12H,2-6H2,1H3. The fourth-order valence-corrected chi connectivity index (χ4v) is 9.54. The summed E-state index contributed by atoms with van der Waals surface area (Å²) in [6, 6.07) is 6.29. The average Bonchev–Trinajstić information content (AvgIpc) is 3.66. The van der Waals surface area contributed by atoms with Crippen LogP contribution < -0.4 is 0 Å². The van der Waals surface area contributed by atoms with Crippen LogP contribution in [-0.4, -0.2) is 35.2 Å². The van der Waals surface area contributed by atoms with Gasteiger partial charge in [-0.15, -0.1) is 0 Å². The van der Waals surface area contributed by atoms with Gasteiger partial charge in [-0.3, -0.25) is 4.79 Å². The van der Waals surface area contributed by atoms with Gasteiger partial charge in [0.1, 0.15) is 12.2 Å². The first-order valence-electron chi connectivity index (χ1n) is 14.1. The van der Waals surface area contributed by atoms with Crippen molar-refractivity contribution in [1.29, 1.82) is 0 Å². The summed E-state index contributed by atoms with van der Waals surface area (Å²) in [6.45, 7) is 1.54. The number of rotatable bonds is 4. The maximum Gasteiger partial charge on any atom is 0.339 e. The monoisotopic (exact) mass is 494 g/mol. The third-order valence-electron chi connectivity index (χ3n) is 10.7. The summed E-state index contributed by atoms with van der Waals surface area (Å²) in [7, 11) is 0. The number of hydrogen-bond donors (Lipinski definition) is 1. The Hall–Kier alpha value is -2.37. The summed E-state index contributed by atoms with van der Waals surface area (Å²) in [5, 5.41) is 9.20. The smallest absolute Gasteiger partial charge is 0.339 e. The van der Waals surface area contributed by atoms with E-state index in [0.717, 1.165) is 48.3 Å². The SMILES string of the molecule is CC(=O)OC1CC2CC1C1CCCC21.O=C(O)c1ccccc1C(=O)OC1CC2CC1C1CCCC21. The van der Waals surface area contributed by atoms with Crippen LogP contribution in [0, 0.1) is 47.3 Å². The summed E-state index contributed by atoms with van der Waals surface area (Å²) in [5.41, 5.74) is 0.190. The van der Waals surface area contributed by atoms with E-state index in [1.807, 2.05) is 0 Å². The minimum absolute atomic E-state index is 0.0151. The molecule has 0 spiro atoms. The Balaban J connectivity index is 0.000000147. The molecule has 6 saturated carbocycles. The number of fused-ring (bicyclic) bond motifs is 10. The van der Waals surface area contributed by atoms with E-state index in [0.29, 0.717) is 11.8 Å². The van der Waals surface area contributed by atoms with Crippen LogP contribution in [0.25, 0.3) is 0 Å². The van der Waals surface area contributed by atoms with E-state index in [4.69, 9.17) is 9.47 Å². The zero-order valence-corrected chi connectivity index (χ0v) is 21.1. The molecule has 1 N–H and O–H groups in total. The van der Waals surface area contributed by atoms with Crippen LogP contribution in [0.3, 0.4) is 0 Å². The number of ether oxygens (including phenoxy) is 2. The molecule has 0 amide bonds. The first-order valence-corrected chi connectivity index (χ1v) is 14.1. The molecule has 6 heteroatoms. The number of carbonyl (C=O) groups excluding carboxylic acids is 2. The quantitative estimate of drug-likeness (QED) is 0.537. The second kappa shape index (κ2) is 9.50. The Labute approximate surface area is 213 Å². The highest BCUT2D eigenvalue weighted by atomic mass is 16.5. The van der Waals surface area contributed by atoms with Gasteiger partial charge in [-0.25, -0.2) is 9.59 Å². The fraction of sp³-hybridized carbons (Fsp3) is 0.700. The van der Waals surface area contributed by atoms with Gasteiger partial charge in [-0.1, -0.05) is 25.0 Å². The molecule has 1 aromatic carbocycles. The number of hydrogen-bond acceptors (Lipinski definition) is 5. The van der Waals surface area contributed by atoms with Crippen molar-refractivity contribution in [1.82, 2.24) is 0 Å². The van der Waals surface area contributed by atoms with Crippen molar-refractivity contribution in [2.75, 3.05) is 0 Å². The molecule has 4 bridgehead atoms. The lowest BCUT2D eigenvalue weighted by Gasteiger charge is -2.31. The van der Waals surface area contributed by atoms with Crippen LogP contribution in [0.4, 0.5) is 0 Å². The van der Waals surface area contributed by atoms with E-state index in [1.165, 1.54) is 70.4 Å². The molecule has 6 fully saturated rings. The Kier molecular flexibility index (Phi) is 6.33. The van der Waals surface area contributed by atoms with Crippen LogP contribution in [-0.2, 0) is 14.3 Å². The van der Waals surface area contributed by atoms with E-state index in [2.05, 4.69) is 0 Å². The van der Waals surface area contributed by atoms with Gasteiger partial charge in [0.05, 0.1) is 11.1 Å². The summed E-state index contributed by atoms with van der Waals surface area (Å²) in [5.74, 6) is 4.64. The lowest BCUT2D eigenvalue weighted by Crippen LogP contribution is -2.32. The molecule has 0 heterocycles. The number of esters is 2. The largest absolute Gasteiger partial charge is 0.478 e. The van der Waals surface area contributed by atoms with Crippen molar-refractivity contribution < 1.29 is 29.0 Å². The predicted octanol–water partition coefficient (Wildman–Crippen LogP) is 5.74. The predicted molar refractivity (Wildman–Crippen MR) is 132 cm³/mol. The molecule has 194 valence electrons. The zero-order chi connectivity index (χ0) is 25.0. The molecule has 10 atom stereocenters. The third kappa shape index (κ3) is 4.14. The minimum atomic E-state index is -1.09. The van der Waals surface area contributed by atoms with Crippen LogP contribution >= 0.6 is 0 Å². The van der Waals surface area contributed by atoms with E-state index in [1.54, 1.807) is 12.1 Å². The van der Waals surface area contributed by atoms with Gasteiger partial charge in [0.15, 0.2) is 0 Å². The number of benzene rings is 1. The van der Waals surface area contributed by atoms with Gasteiger partial charge in [0.25, 0.3) is 0 Å². The van der Waals surface area contributed by atoms with Crippen molar-refractivity contribution in [2.24, 2.45) is 47.3 Å². The fourth-order valence-electron chi connectivity index (χ4n) is 9.54. The molecule has 0 aromatic heterocycles. The van der Waals surface area contributed by atoms with Gasteiger partial charge >= 0.3 is 17.9 Å². The molecular weight excluding hydrogens is 456 g/mol. The maximum absolute atomic E-state index is 12.4. The second-order valence-electron chi connectivity index (χ2n) is 12.3. The third-order valence-corrected chi connectivity index (χ3v) is 10.7. The van der Waals surface area contributed by atoms with Crippen LogP contribution in [0.1, 0.15) is 91.8 Å². The molecule has 0 radical (unpaired) electrons. The van der Waals surface area contributed by atoms with Crippen molar-refractivity contribution in [3.8, 4) is 0 Å². The highest BCUT2D eigenvalue weighted by Crippen LogP contribution is 2.60. The molecule has 7 rings (SSSR count). The number of carbonyl (C=O) groups is 3. The molecule has 0 aliphatic heterocycles. The van der Waals surface area contributed by atoms with Crippen molar-refractivity contribution in [2.45, 2.75) is 83.3 Å². The van der Waals surface area contributed by atoms with Crippen molar-refractivity contribution >= 4 is 17.9 Å². The molecule has 6 aliphatic carbocycles. The van der Waals surface area contributed by atoms with Gasteiger partial charge in [0.2, 0.25) is 0 Å². The average molecular weight is 495 g/mol. The van der Waals surface area contributed by atoms with Gasteiger partial charge in [0, 0.05) is 6.92 Å². The van der Waals surface area contributed by atoms with Gasteiger partial charge < -0.3 is 14.6 Å². The van der Waals surface area contributed by atoms with E-state index in [-0.39, 0.29) is 29.3 Å². The van der Waals surface area contributed by atoms with Gasteiger partial charge in [-0.05, 0) is 111 Å². The van der Waals surface area contributed by atoms with Crippen molar-refractivity contribution in [3.63, 3.8) is 0 Å². The number of carboxylic acid groups (broad SMARTS) is 1. The molecule has 36 heavy (non-hydrogen) atoms. The van der Waals surface area contributed by atoms with Crippen LogP contribution in [0.2, 0.25) is 0 Å². The molecule has 6 nitrogen and oxygen atoms in total. The summed E-state index contributed by atoms with van der Waals surface area (Å²) in [6.07, 6.45) is 13.1. The molecule has 10 unspecified atom stereocenters. The highest BCUT2D eigenvalue weighted by molar-refractivity contribution is 6.02. The summed E-state index contributed by atoms with van der Waals surface area (Å²) >= 11 is 0.